The first kappa shape index (κ1) is 22.9. The van der Waals surface area contributed by atoms with Crippen LogP contribution in [0.4, 0.5) is 5.69 Å². The zero-order valence-electron chi connectivity index (χ0n) is 19.1. The maximum absolute atomic E-state index is 12.9. The number of fused-ring (bicyclic) bond motifs is 1. The number of hydrogen-bond donors (Lipinski definition) is 2. The van der Waals surface area contributed by atoms with E-state index in [1.807, 2.05) is 42.5 Å². The lowest BCUT2D eigenvalue weighted by Gasteiger charge is -2.32. The van der Waals surface area contributed by atoms with Gasteiger partial charge >= 0.3 is 0 Å². The molecule has 174 valence electrons. The van der Waals surface area contributed by atoms with Crippen LogP contribution in [0, 0.1) is 0 Å². The molecule has 1 heterocycles. The minimum Gasteiger partial charge on any atom is -0.497 e. The third-order valence-corrected chi connectivity index (χ3v) is 6.48. The van der Waals surface area contributed by atoms with Crippen molar-refractivity contribution in [3.8, 4) is 17.2 Å². The normalized spacial score (nSPS) is 13.7. The molecule has 1 aliphatic carbocycles. The summed E-state index contributed by atoms with van der Waals surface area (Å²) < 4.78 is 16.1. The van der Waals surface area contributed by atoms with E-state index in [9.17, 15) is 4.79 Å². The van der Waals surface area contributed by atoms with Crippen molar-refractivity contribution in [3.05, 3.63) is 58.4 Å². The van der Waals surface area contributed by atoms with E-state index in [1.54, 1.807) is 21.3 Å². The highest BCUT2D eigenvalue weighted by Crippen LogP contribution is 2.31. The number of ether oxygens (including phenoxy) is 3. The van der Waals surface area contributed by atoms with Crippen molar-refractivity contribution < 1.29 is 14.2 Å². The number of aromatic nitrogens is 1. The summed E-state index contributed by atoms with van der Waals surface area (Å²) in [7, 11) is 4.84. The Balaban J connectivity index is 1.62. The van der Waals surface area contributed by atoms with E-state index < -0.39 is 0 Å². The summed E-state index contributed by atoms with van der Waals surface area (Å²) in [5.74, 6) is 2.05. The molecule has 0 unspecified atom stereocenters. The number of anilines is 1. The van der Waals surface area contributed by atoms with Gasteiger partial charge in [0.1, 0.15) is 17.2 Å². The van der Waals surface area contributed by atoms with Crippen LogP contribution < -0.4 is 25.1 Å². The predicted octanol–water partition coefficient (Wildman–Crippen LogP) is 4.70. The third-order valence-electron chi connectivity index (χ3n) is 6.15. The summed E-state index contributed by atoms with van der Waals surface area (Å²) in [6.07, 6.45) is 4.40. The molecule has 0 bridgehead atoms. The lowest BCUT2D eigenvalue weighted by Crippen LogP contribution is -2.42. The Kier molecular flexibility index (Phi) is 7.03. The van der Waals surface area contributed by atoms with Gasteiger partial charge < -0.3 is 29.4 Å². The third kappa shape index (κ3) is 5.06. The lowest BCUT2D eigenvalue weighted by molar-refractivity contribution is 0.311. The van der Waals surface area contributed by atoms with E-state index in [0.29, 0.717) is 34.5 Å². The standard InChI is InChI=1S/C25H29N3O4S/c1-30-19-9-8-16-12-17(24(29)26-22(16)13-19)15-28(18-6-4-5-7-18)25(33)27-21-11-10-20(31-2)14-23(21)32-3/h8-14,18H,4-7,15H2,1-3H3,(H,26,29)(H,27,33). The molecule has 7 nitrogen and oxygen atoms in total. The van der Waals surface area contributed by atoms with Crippen LogP contribution >= 0.6 is 12.2 Å². The Bertz CT molecular complexity index is 1200. The number of nitrogens with one attached hydrogen (secondary N) is 2. The lowest BCUT2D eigenvalue weighted by atomic mass is 10.1. The Morgan fingerprint density at radius 3 is 2.42 bits per heavy atom. The minimum absolute atomic E-state index is 0.122. The summed E-state index contributed by atoms with van der Waals surface area (Å²) in [6.45, 7) is 0.423. The van der Waals surface area contributed by atoms with Crippen molar-refractivity contribution in [2.75, 3.05) is 26.6 Å². The van der Waals surface area contributed by atoms with Crippen LogP contribution in [0.2, 0.25) is 0 Å². The van der Waals surface area contributed by atoms with Crippen molar-refractivity contribution in [1.29, 1.82) is 0 Å². The molecule has 4 rings (SSSR count). The highest BCUT2D eigenvalue weighted by Gasteiger charge is 2.26. The maximum atomic E-state index is 12.9. The zero-order valence-corrected chi connectivity index (χ0v) is 20.0. The second kappa shape index (κ2) is 10.1. The Labute approximate surface area is 198 Å². The number of rotatable bonds is 7. The molecule has 2 aromatic carbocycles. The summed E-state index contributed by atoms with van der Waals surface area (Å²) in [6, 6.07) is 13.4. The van der Waals surface area contributed by atoms with Crippen molar-refractivity contribution in [1.82, 2.24) is 9.88 Å². The fourth-order valence-electron chi connectivity index (χ4n) is 4.32. The fourth-order valence-corrected chi connectivity index (χ4v) is 4.65. The van der Waals surface area contributed by atoms with Gasteiger partial charge in [0.05, 0.1) is 39.1 Å². The monoisotopic (exact) mass is 467 g/mol. The first-order chi connectivity index (χ1) is 16.0. The predicted molar refractivity (Wildman–Crippen MR) is 135 cm³/mol. The molecule has 0 amide bonds. The second-order valence-corrected chi connectivity index (χ2v) is 8.53. The number of H-pyrrole nitrogens is 1. The van der Waals surface area contributed by atoms with Crippen LogP contribution in [0.3, 0.4) is 0 Å². The number of nitrogens with zero attached hydrogens (tertiary/aromatic N) is 1. The molecule has 0 radical (unpaired) electrons. The molecule has 1 saturated carbocycles. The summed E-state index contributed by atoms with van der Waals surface area (Å²) in [4.78, 5) is 18.0. The number of thiocarbonyl (C=S) groups is 1. The Hall–Kier alpha value is -3.26. The molecule has 0 atom stereocenters. The number of methoxy groups -OCH3 is 3. The average molecular weight is 468 g/mol. The molecule has 0 saturated heterocycles. The van der Waals surface area contributed by atoms with Gasteiger partial charge in [-0.15, -0.1) is 0 Å². The molecule has 33 heavy (non-hydrogen) atoms. The van der Waals surface area contributed by atoms with Crippen LogP contribution in [-0.4, -0.2) is 42.4 Å². The van der Waals surface area contributed by atoms with E-state index in [0.717, 1.165) is 42.3 Å². The molecule has 1 aromatic heterocycles. The summed E-state index contributed by atoms with van der Waals surface area (Å²) >= 11 is 5.83. The van der Waals surface area contributed by atoms with Gasteiger partial charge in [0, 0.05) is 23.7 Å². The van der Waals surface area contributed by atoms with E-state index >= 15 is 0 Å². The topological polar surface area (TPSA) is 75.8 Å². The highest BCUT2D eigenvalue weighted by atomic mass is 32.1. The van der Waals surface area contributed by atoms with Crippen molar-refractivity contribution >= 4 is 33.9 Å². The van der Waals surface area contributed by atoms with Crippen molar-refractivity contribution in [2.45, 2.75) is 38.3 Å². The zero-order chi connectivity index (χ0) is 23.4. The minimum atomic E-state index is -0.122. The molecule has 1 fully saturated rings. The molecule has 0 spiro atoms. The van der Waals surface area contributed by atoms with Gasteiger partial charge in [-0.25, -0.2) is 0 Å². The number of benzene rings is 2. The average Bonchev–Trinajstić information content (AvgIpc) is 3.37. The van der Waals surface area contributed by atoms with Gasteiger partial charge in [0.25, 0.3) is 5.56 Å². The number of hydrogen-bond acceptors (Lipinski definition) is 5. The first-order valence-corrected chi connectivity index (χ1v) is 11.4. The first-order valence-electron chi connectivity index (χ1n) is 11.0. The van der Waals surface area contributed by atoms with Crippen molar-refractivity contribution in [2.24, 2.45) is 0 Å². The molecule has 3 aromatic rings. The molecule has 8 heteroatoms. The van der Waals surface area contributed by atoms with Gasteiger partial charge in [-0.2, -0.15) is 0 Å². The number of pyridine rings is 1. The van der Waals surface area contributed by atoms with Gasteiger partial charge in [-0.05, 0) is 60.8 Å². The van der Waals surface area contributed by atoms with E-state index in [2.05, 4.69) is 15.2 Å². The Morgan fingerprint density at radius 2 is 1.73 bits per heavy atom. The van der Waals surface area contributed by atoms with Crippen LogP contribution in [0.25, 0.3) is 10.9 Å². The smallest absolute Gasteiger partial charge is 0.253 e. The second-order valence-electron chi connectivity index (χ2n) is 8.14. The maximum Gasteiger partial charge on any atom is 0.253 e. The van der Waals surface area contributed by atoms with E-state index in [4.69, 9.17) is 26.4 Å². The Morgan fingerprint density at radius 1 is 1.03 bits per heavy atom. The molecular formula is C25H29N3O4S. The molecule has 1 aliphatic rings. The van der Waals surface area contributed by atoms with Gasteiger partial charge in [-0.3, -0.25) is 4.79 Å². The van der Waals surface area contributed by atoms with Crippen LogP contribution in [0.15, 0.2) is 47.3 Å². The summed E-state index contributed by atoms with van der Waals surface area (Å²) in [5.41, 5.74) is 2.05. The van der Waals surface area contributed by atoms with Crippen molar-refractivity contribution in [3.63, 3.8) is 0 Å². The SMILES string of the molecule is COc1ccc(NC(=S)N(Cc2cc3ccc(OC)cc3[nH]c2=O)C2CCCC2)c(OC)c1. The molecule has 2 N–H and O–H groups in total. The summed E-state index contributed by atoms with van der Waals surface area (Å²) in [5, 5.41) is 4.85. The van der Waals surface area contributed by atoms with Crippen LogP contribution in [0.5, 0.6) is 17.2 Å². The molecule has 0 aliphatic heterocycles. The highest BCUT2D eigenvalue weighted by molar-refractivity contribution is 7.80. The van der Waals surface area contributed by atoms with E-state index in [-0.39, 0.29) is 11.6 Å². The van der Waals surface area contributed by atoms with Crippen LogP contribution in [0.1, 0.15) is 31.2 Å². The van der Waals surface area contributed by atoms with Gasteiger partial charge in [0.2, 0.25) is 0 Å². The van der Waals surface area contributed by atoms with Gasteiger partial charge in [-0.1, -0.05) is 12.8 Å². The van der Waals surface area contributed by atoms with Crippen LogP contribution in [-0.2, 0) is 6.54 Å². The quantitative estimate of drug-likeness (QED) is 0.488. The largest absolute Gasteiger partial charge is 0.497 e. The van der Waals surface area contributed by atoms with E-state index in [1.165, 1.54) is 0 Å². The number of aromatic amines is 1. The van der Waals surface area contributed by atoms with Gasteiger partial charge in [0.15, 0.2) is 5.11 Å². The molecular weight excluding hydrogens is 438 g/mol. The fraction of sp³-hybridized carbons (Fsp3) is 0.360.